The second-order valence-electron chi connectivity index (χ2n) is 2.92. The number of phosphoric acid groups is 1. The molecule has 0 aliphatic carbocycles. The zero-order chi connectivity index (χ0) is 11.4. The zero-order valence-corrected chi connectivity index (χ0v) is 12.5. The van der Waals surface area contributed by atoms with Crippen LogP contribution in [0.2, 0.25) is 0 Å². The van der Waals surface area contributed by atoms with Crippen molar-refractivity contribution >= 4 is 15.4 Å². The lowest BCUT2D eigenvalue weighted by molar-refractivity contribution is -0.337. The normalized spacial score (nSPS) is 13.4. The fourth-order valence-electron chi connectivity index (χ4n) is 0.768. The Morgan fingerprint density at radius 1 is 1.18 bits per heavy atom. The van der Waals surface area contributed by atoms with Gasteiger partial charge in [0.1, 0.15) is 7.60 Å². The molecule has 0 rings (SSSR count). The fourth-order valence-corrected chi connectivity index (χ4v) is 2.86. The van der Waals surface area contributed by atoms with Crippen molar-refractivity contribution in [2.24, 2.45) is 0 Å². The lowest BCUT2D eigenvalue weighted by Crippen LogP contribution is -2.19. The minimum Gasteiger partial charge on any atom is -0.790 e. The molecule has 0 spiro atoms. The van der Waals surface area contributed by atoms with E-state index in [0.29, 0.717) is 6.42 Å². The molecular weight excluding hydrogens is 272 g/mol. The van der Waals surface area contributed by atoms with Crippen LogP contribution in [0.3, 0.4) is 0 Å². The molecule has 0 aromatic carbocycles. The van der Waals surface area contributed by atoms with Crippen molar-refractivity contribution in [3.63, 3.8) is 0 Å². The lowest BCUT2D eigenvalue weighted by Gasteiger charge is -2.36. The highest BCUT2D eigenvalue weighted by Crippen LogP contribution is 2.49. The summed E-state index contributed by atoms with van der Waals surface area (Å²) < 4.78 is 24.3. The first-order valence-electron chi connectivity index (χ1n) is 3.80. The van der Waals surface area contributed by atoms with Crippen LogP contribution in [-0.4, -0.2) is 6.16 Å². The van der Waals surface area contributed by atoms with Gasteiger partial charge in [0.2, 0.25) is 0 Å². The third-order valence-corrected chi connectivity index (χ3v) is 3.92. The molecule has 1 atom stereocenters. The summed E-state index contributed by atoms with van der Waals surface area (Å²) in [5.74, 6) is 0. The van der Waals surface area contributed by atoms with Gasteiger partial charge >= 0.3 is 0 Å². The van der Waals surface area contributed by atoms with Gasteiger partial charge in [-0.2, -0.15) is 0 Å². The van der Waals surface area contributed by atoms with Gasteiger partial charge in [0.25, 0.3) is 0 Å². The second kappa shape index (κ2) is 9.90. The van der Waals surface area contributed by atoms with Crippen LogP contribution in [0.4, 0.5) is 0 Å². The van der Waals surface area contributed by atoms with Gasteiger partial charge in [-0.05, 0) is 19.8 Å². The summed E-state index contributed by atoms with van der Waals surface area (Å²) in [4.78, 5) is 30.8. The van der Waals surface area contributed by atoms with Gasteiger partial charge < -0.3 is 46.6 Å². The third kappa shape index (κ3) is 18.5. The SMILES string of the molecule is C=C(C)CCCP(=O)([O-])OP(=O)([O-])[O-].[NH4+].[NH4+].[NH4+]. The molecule has 0 heterocycles. The van der Waals surface area contributed by atoms with Gasteiger partial charge in [0.05, 0.1) is 7.82 Å². The molecule has 0 saturated heterocycles. The molecule has 0 bridgehead atoms. The molecule has 0 aromatic rings. The molecule has 0 amide bonds. The Morgan fingerprint density at radius 3 is 1.88 bits per heavy atom. The van der Waals surface area contributed by atoms with Gasteiger partial charge in [-0.25, -0.2) is 0 Å². The van der Waals surface area contributed by atoms with Gasteiger partial charge in [-0.3, -0.25) is 0 Å². The molecule has 0 radical (unpaired) electrons. The summed E-state index contributed by atoms with van der Waals surface area (Å²) in [7, 11) is -10.00. The van der Waals surface area contributed by atoms with E-state index in [0.717, 1.165) is 5.57 Å². The number of quaternary nitrogens is 3. The zero-order valence-electron chi connectivity index (χ0n) is 10.7. The van der Waals surface area contributed by atoms with E-state index in [1.807, 2.05) is 0 Å². The fraction of sp³-hybridized carbons (Fsp3) is 0.667. The standard InChI is InChI=1S/C6H14O6P2.3H3N/c1-6(2)4-3-5-13(7,8)12-14(9,10)11;;;/h1,3-5H2,2H3,(H,7,8)(H2,9,10,11);3*1H3. The van der Waals surface area contributed by atoms with E-state index in [-0.39, 0.29) is 24.9 Å². The first-order valence-corrected chi connectivity index (χ1v) is 6.99. The number of rotatable bonds is 6. The van der Waals surface area contributed by atoms with E-state index in [2.05, 4.69) is 10.9 Å². The highest BCUT2D eigenvalue weighted by Gasteiger charge is 2.09. The molecule has 9 nitrogen and oxygen atoms in total. The first-order chi connectivity index (χ1) is 6.12. The van der Waals surface area contributed by atoms with Crippen LogP contribution in [0.1, 0.15) is 19.8 Å². The average Bonchev–Trinajstić information content (AvgIpc) is 1.78. The Hall–Kier alpha value is -0.0800. The Balaban J connectivity index is -0.000000282. The first kappa shape index (κ1) is 25.7. The predicted molar refractivity (Wildman–Crippen MR) is 63.2 cm³/mol. The van der Waals surface area contributed by atoms with Crippen LogP contribution in [0.15, 0.2) is 12.2 Å². The molecule has 0 aromatic heterocycles. The summed E-state index contributed by atoms with van der Waals surface area (Å²) in [5.41, 5.74) is 0.775. The van der Waals surface area contributed by atoms with Gasteiger partial charge in [-0.1, -0.05) is 5.57 Å². The molecule has 108 valence electrons. The van der Waals surface area contributed by atoms with Crippen molar-refractivity contribution in [2.75, 3.05) is 6.16 Å². The summed E-state index contributed by atoms with van der Waals surface area (Å²) in [6.45, 7) is 5.25. The predicted octanol–water partition coefficient (Wildman–Crippen LogP) is 0.870. The molecule has 0 aliphatic heterocycles. The smallest absolute Gasteiger partial charge is 0.139 e. The van der Waals surface area contributed by atoms with Crippen molar-refractivity contribution < 1.29 is 28.1 Å². The highest BCUT2D eigenvalue weighted by molar-refractivity contribution is 7.61. The van der Waals surface area contributed by atoms with E-state index in [9.17, 15) is 23.8 Å². The van der Waals surface area contributed by atoms with Crippen LogP contribution in [0, 0.1) is 0 Å². The largest absolute Gasteiger partial charge is 0.790 e. The molecule has 11 heteroatoms. The molecule has 17 heavy (non-hydrogen) atoms. The van der Waals surface area contributed by atoms with Crippen LogP contribution >= 0.6 is 15.4 Å². The van der Waals surface area contributed by atoms with E-state index < -0.39 is 21.6 Å². The maximum atomic E-state index is 10.8. The summed E-state index contributed by atoms with van der Waals surface area (Å²) >= 11 is 0. The Bertz CT molecular complexity index is 304. The molecular formula is C6H23N3O6P2. The average molecular weight is 295 g/mol. The maximum absolute atomic E-state index is 10.8. The minimum atomic E-state index is -5.45. The van der Waals surface area contributed by atoms with Gasteiger partial charge in [-0.15, -0.1) is 6.58 Å². The van der Waals surface area contributed by atoms with Crippen LogP contribution in [-0.2, 0) is 13.4 Å². The van der Waals surface area contributed by atoms with E-state index in [1.54, 1.807) is 6.92 Å². The minimum absolute atomic E-state index is 0. The monoisotopic (exact) mass is 295 g/mol. The molecule has 1 unspecified atom stereocenters. The van der Waals surface area contributed by atoms with Crippen molar-refractivity contribution in [1.29, 1.82) is 0 Å². The second-order valence-corrected chi connectivity index (χ2v) is 6.14. The van der Waals surface area contributed by atoms with Crippen LogP contribution in [0.5, 0.6) is 0 Å². The number of hydrogen-bond acceptors (Lipinski definition) is 6. The van der Waals surface area contributed by atoms with Crippen molar-refractivity contribution in [2.45, 2.75) is 19.8 Å². The van der Waals surface area contributed by atoms with Crippen LogP contribution < -0.4 is 33.1 Å². The van der Waals surface area contributed by atoms with Gasteiger partial charge in [0, 0.05) is 6.16 Å². The lowest BCUT2D eigenvalue weighted by atomic mass is 10.2. The van der Waals surface area contributed by atoms with Crippen molar-refractivity contribution in [1.82, 2.24) is 18.5 Å². The topological polar surface area (TPSA) is 222 Å². The molecule has 0 fully saturated rings. The quantitative estimate of drug-likeness (QED) is 0.475. The number of hydrogen-bond donors (Lipinski definition) is 3. The molecule has 12 N–H and O–H groups in total. The summed E-state index contributed by atoms with van der Waals surface area (Å²) in [6, 6.07) is 0. The Morgan fingerprint density at radius 2 is 1.59 bits per heavy atom. The highest BCUT2D eigenvalue weighted by atomic mass is 31.3. The van der Waals surface area contributed by atoms with Crippen LogP contribution in [0.25, 0.3) is 0 Å². The van der Waals surface area contributed by atoms with Crippen molar-refractivity contribution in [3.8, 4) is 0 Å². The molecule has 0 aliphatic rings. The van der Waals surface area contributed by atoms with Crippen molar-refractivity contribution in [3.05, 3.63) is 12.2 Å². The van der Waals surface area contributed by atoms with E-state index in [1.165, 1.54) is 0 Å². The number of allylic oxidation sites excluding steroid dienone is 1. The molecule has 0 saturated carbocycles. The summed E-state index contributed by atoms with van der Waals surface area (Å²) in [6.07, 6.45) is 0.155. The third-order valence-electron chi connectivity index (χ3n) is 1.26. The summed E-state index contributed by atoms with van der Waals surface area (Å²) in [5, 5.41) is 0. The van der Waals surface area contributed by atoms with Gasteiger partial charge in [0.15, 0.2) is 0 Å². The van der Waals surface area contributed by atoms with E-state index in [4.69, 9.17) is 0 Å². The maximum Gasteiger partial charge on any atom is 0.139 e. The Labute approximate surface area is 101 Å². The Kier molecular flexibility index (Phi) is 15.0. The van der Waals surface area contributed by atoms with E-state index >= 15 is 0 Å².